The molecule has 0 atom stereocenters. The number of Topliss-reactive ketones (excluding diaryl/α,β-unsaturated/α-hetero) is 1. The summed E-state index contributed by atoms with van der Waals surface area (Å²) in [5.74, 6) is 3.13. The normalized spacial score (nSPS) is 9.24. The molecule has 0 amide bonds. The minimum atomic E-state index is -0.549. The van der Waals surface area contributed by atoms with Gasteiger partial charge in [0.1, 0.15) is 35.6 Å². The van der Waals surface area contributed by atoms with E-state index in [0.717, 1.165) is 12.1 Å². The quantitative estimate of drug-likeness (QED) is 0.0322. The van der Waals surface area contributed by atoms with Crippen molar-refractivity contribution >= 4 is 45.6 Å². The topological polar surface area (TPSA) is 277 Å². The second-order valence-electron chi connectivity index (χ2n) is 12.3. The molecule has 3 heterocycles. The summed E-state index contributed by atoms with van der Waals surface area (Å²) in [4.78, 5) is 61.9. The predicted octanol–water partition coefficient (Wildman–Crippen LogP) is 8.42. The molecule has 0 bridgehead atoms. The molecule has 6 aromatic rings. The Bertz CT molecular complexity index is 2540. The largest absolute Gasteiger partial charge is 0.551 e. The zero-order chi connectivity index (χ0) is 47.6. The van der Waals surface area contributed by atoms with Crippen molar-refractivity contribution in [2.45, 2.75) is 26.7 Å². The number of ketones is 1. The van der Waals surface area contributed by atoms with Gasteiger partial charge in [-0.05, 0) is 48.4 Å². The number of carbonyl (C=O) groups is 2. The van der Waals surface area contributed by atoms with E-state index in [4.69, 9.17) is 46.8 Å². The second-order valence-corrected chi connectivity index (χ2v) is 12.7. The van der Waals surface area contributed by atoms with Gasteiger partial charge in [0.25, 0.3) is 11.4 Å². The third-order valence-electron chi connectivity index (χ3n) is 7.47. The SMILES string of the molecule is CCC(=O)Cl.COCC(=O)Cc1cc(Oc2cc[c-]cc2OC)ccn1.COc1cc([N+](=O)[O-])ccc1Oc1ccnc(N)c1.Cc1cc([N+](=O)[O-])ccc1F.Nc1cc(=O)cc[nH]1.[CH3-].[Pd].[Y]. The van der Waals surface area contributed by atoms with E-state index < -0.39 is 15.7 Å². The van der Waals surface area contributed by atoms with Crippen LogP contribution in [0.2, 0.25) is 0 Å². The Morgan fingerprint density at radius 3 is 1.90 bits per heavy atom. The van der Waals surface area contributed by atoms with Crippen LogP contribution in [0.4, 0.5) is 27.4 Å². The van der Waals surface area contributed by atoms with Crippen LogP contribution in [0.5, 0.6) is 34.5 Å². The average Bonchev–Trinajstić information content (AvgIpc) is 3.26. The van der Waals surface area contributed by atoms with E-state index >= 15 is 0 Å². The van der Waals surface area contributed by atoms with Gasteiger partial charge in [0.05, 0.1) is 48.0 Å². The monoisotopic (exact) mass is 1110 g/mol. The first-order chi connectivity index (χ1) is 30.5. The smallest absolute Gasteiger partial charge is 0.273 e. The van der Waals surface area contributed by atoms with E-state index in [1.165, 1.54) is 69.9 Å². The zero-order valence-corrected chi connectivity index (χ0v) is 42.2. The molecule has 0 saturated carbocycles. The van der Waals surface area contributed by atoms with Crippen LogP contribution in [0.1, 0.15) is 24.6 Å². The third-order valence-corrected chi connectivity index (χ3v) is 7.74. The first kappa shape index (κ1) is 62.9. The maximum Gasteiger partial charge on any atom is 0.273 e. The molecule has 0 spiro atoms. The van der Waals surface area contributed by atoms with Crippen LogP contribution >= 0.6 is 11.6 Å². The van der Waals surface area contributed by atoms with Gasteiger partial charge >= 0.3 is 0 Å². The molecule has 0 saturated heterocycles. The van der Waals surface area contributed by atoms with E-state index in [-0.39, 0.29) is 107 Å². The van der Waals surface area contributed by atoms with E-state index in [0.29, 0.717) is 58.1 Å². The Balaban J connectivity index is 0. The minimum absolute atomic E-state index is 0. The molecule has 19 nitrogen and oxygen atoms in total. The van der Waals surface area contributed by atoms with Crippen molar-refractivity contribution in [3.8, 4) is 34.5 Å². The van der Waals surface area contributed by atoms with Crippen molar-refractivity contribution in [3.05, 3.63) is 171 Å². The Morgan fingerprint density at radius 1 is 0.821 bits per heavy atom. The number of pyridine rings is 3. The number of aromatic amines is 1. The second kappa shape index (κ2) is 34.2. The standard InChI is InChI=1S/C16H16NO4.C12H11N3O4.C7H6FNO2.C5H6N2O.C3H5ClO.CH3.Pd.Y/c1-19-11-13(18)9-12-10-14(7-8-17-12)21-16-6-4-3-5-15(16)20-2;1-18-11-6-8(15(16)17)2-3-10(11)19-9-4-5-14-12(13)7-9;1-5-4-6(9(10)11)2-3-7(5)8;6-5-3-4(8)1-2-7-5;1-2-3(4)5;;;/h4-8,10H,9,11H2,1-2H3;2-7H,1H3,(H2,13,14);2-4H,1H3;1-3H,(H3,6,7,8);2H2,1H3;1H3;;/q-1;;;;;-1;;. The van der Waals surface area contributed by atoms with Gasteiger partial charge in [-0.15, -0.1) is 12.1 Å². The van der Waals surface area contributed by atoms with E-state index in [2.05, 4.69) is 21.0 Å². The Hall–Kier alpha value is -6.20. The number of nitrogens with zero attached hydrogens (tertiary/aromatic N) is 4. The summed E-state index contributed by atoms with van der Waals surface area (Å²) in [6, 6.07) is 25.0. The van der Waals surface area contributed by atoms with E-state index in [1.807, 2.05) is 0 Å². The molecule has 3 aromatic heterocycles. The molecule has 67 heavy (non-hydrogen) atoms. The number of nitrogen functional groups attached to an aromatic ring is 2. The van der Waals surface area contributed by atoms with Gasteiger partial charge in [-0.2, -0.15) is 12.1 Å². The number of methoxy groups -OCH3 is 3. The third kappa shape index (κ3) is 24.8. The van der Waals surface area contributed by atoms with Crippen LogP contribution in [-0.4, -0.2) is 63.8 Å². The molecule has 0 aliphatic heterocycles. The number of nitro groups is 2. The number of H-pyrrole nitrogens is 1. The molecule has 0 fully saturated rings. The number of halogens is 2. The maximum absolute atomic E-state index is 12.5. The first-order valence-corrected chi connectivity index (χ1v) is 18.8. The fraction of sp³-hybridized carbons (Fsp3) is 0.182. The van der Waals surface area contributed by atoms with E-state index in [9.17, 15) is 39.0 Å². The fourth-order valence-corrected chi connectivity index (χ4v) is 4.48. The van der Waals surface area contributed by atoms with Crippen molar-refractivity contribution in [3.63, 3.8) is 0 Å². The summed E-state index contributed by atoms with van der Waals surface area (Å²) < 4.78 is 38.9. The number of rotatable bonds is 13. The molecule has 359 valence electrons. The number of benzene rings is 3. The molecule has 0 unspecified atom stereocenters. The average molecular weight is 1120 g/mol. The van der Waals surface area contributed by atoms with Gasteiger partial charge in [0.2, 0.25) is 5.24 Å². The Morgan fingerprint density at radius 2 is 1.39 bits per heavy atom. The first-order valence-electron chi connectivity index (χ1n) is 18.4. The number of nitrogens with two attached hydrogens (primary N) is 2. The fourth-order valence-electron chi connectivity index (χ4n) is 4.48. The van der Waals surface area contributed by atoms with Crippen molar-refractivity contribution in [1.29, 1.82) is 0 Å². The van der Waals surface area contributed by atoms with Crippen LogP contribution in [0.3, 0.4) is 0 Å². The number of non-ortho nitro benzene ring substituents is 2. The summed E-state index contributed by atoms with van der Waals surface area (Å²) in [5.41, 5.74) is 11.4. The minimum Gasteiger partial charge on any atom is -0.551 e. The van der Waals surface area contributed by atoms with Gasteiger partial charge in [-0.3, -0.25) is 39.6 Å². The molecule has 0 aliphatic rings. The van der Waals surface area contributed by atoms with Gasteiger partial charge in [0.15, 0.2) is 22.7 Å². The van der Waals surface area contributed by atoms with Gasteiger partial charge in [0, 0.05) is 133 Å². The molecule has 1 radical (unpaired) electrons. The molecular weight excluding hydrogens is 1070 g/mol. The molecule has 6 rings (SSSR count). The van der Waals surface area contributed by atoms with Crippen LogP contribution in [0, 0.1) is 46.5 Å². The summed E-state index contributed by atoms with van der Waals surface area (Å²) >= 11 is 4.82. The van der Waals surface area contributed by atoms with E-state index in [1.54, 1.807) is 62.7 Å². The number of hydrogen-bond acceptors (Lipinski definition) is 16. The Labute approximate surface area is 429 Å². The number of carbonyl (C=O) groups excluding carboxylic acids is 2. The van der Waals surface area contributed by atoms with Gasteiger partial charge < -0.3 is 47.6 Å². The van der Waals surface area contributed by atoms with Crippen LogP contribution in [0.15, 0.2) is 114 Å². The number of nitro benzene ring substituents is 2. The number of nitrogens with one attached hydrogen (secondary N) is 1. The molecule has 23 heteroatoms. The van der Waals surface area contributed by atoms with Crippen molar-refractivity contribution in [1.82, 2.24) is 15.0 Å². The summed E-state index contributed by atoms with van der Waals surface area (Å²) in [5, 5.41) is 20.5. The van der Waals surface area contributed by atoms with Crippen molar-refractivity contribution in [2.75, 3.05) is 39.4 Å². The molecule has 5 N–H and O–H groups in total. The van der Waals surface area contributed by atoms with Gasteiger partial charge in [-0.1, -0.05) is 6.92 Å². The number of ether oxygens (including phenoxy) is 5. The summed E-state index contributed by atoms with van der Waals surface area (Å²) in [6.45, 7) is 3.28. The van der Waals surface area contributed by atoms with Crippen LogP contribution < -0.4 is 35.8 Å². The van der Waals surface area contributed by atoms with Crippen molar-refractivity contribution in [2.24, 2.45) is 0 Å². The number of anilines is 2. The van der Waals surface area contributed by atoms with Crippen LogP contribution in [-0.2, 0) is 73.9 Å². The zero-order valence-electron chi connectivity index (χ0n) is 37.0. The maximum atomic E-state index is 12.5. The number of aromatic nitrogens is 3. The molecular formula is C44H47ClFN7O12PdY-2. The van der Waals surface area contributed by atoms with Crippen LogP contribution in [0.25, 0.3) is 0 Å². The summed E-state index contributed by atoms with van der Waals surface area (Å²) in [6.07, 6.45) is 5.26. The number of aryl methyl sites for hydroxylation is 1. The van der Waals surface area contributed by atoms with Gasteiger partial charge in [-0.25, -0.2) is 9.37 Å². The molecule has 3 aromatic carbocycles. The number of hydrogen-bond donors (Lipinski definition) is 3. The summed E-state index contributed by atoms with van der Waals surface area (Å²) in [7, 11) is 4.47. The predicted molar refractivity (Wildman–Crippen MR) is 242 cm³/mol. The van der Waals surface area contributed by atoms with Crippen molar-refractivity contribution < 1.29 is 101 Å². The Kier molecular flexibility index (Phi) is 32.1. The molecule has 0 aliphatic carbocycles.